The molecule has 0 radical (unpaired) electrons. The van der Waals surface area contributed by atoms with Gasteiger partial charge in [-0.1, -0.05) is 311 Å². The number of ether oxygens (including phenoxy) is 3. The normalized spacial score (nSPS) is 12.0. The first-order chi connectivity index (χ1) is 33.2. The number of rotatable bonds is 56. The van der Waals surface area contributed by atoms with Crippen molar-refractivity contribution < 1.29 is 28.6 Å². The van der Waals surface area contributed by atoms with E-state index in [2.05, 4.69) is 34.6 Å². The summed E-state index contributed by atoms with van der Waals surface area (Å²) in [5.41, 5.74) is 0. The molecule has 404 valence electrons. The maximum atomic E-state index is 12.9. The van der Waals surface area contributed by atoms with Crippen LogP contribution >= 0.6 is 0 Å². The van der Waals surface area contributed by atoms with Gasteiger partial charge in [0.2, 0.25) is 0 Å². The molecule has 0 aromatic carbocycles. The lowest BCUT2D eigenvalue weighted by Crippen LogP contribution is -2.30. The Bertz CT molecular complexity index is 1040. The zero-order valence-electron chi connectivity index (χ0n) is 46.7. The fourth-order valence-electron chi connectivity index (χ4n) is 9.58. The highest BCUT2D eigenvalue weighted by molar-refractivity contribution is 5.71. The number of carbonyl (C=O) groups excluding carboxylic acids is 3. The molecular formula is C62H120O6. The molecule has 0 spiro atoms. The molecule has 0 bridgehead atoms. The predicted octanol–water partition coefficient (Wildman–Crippen LogP) is 20.4. The van der Waals surface area contributed by atoms with E-state index in [1.807, 2.05) is 0 Å². The van der Waals surface area contributed by atoms with Gasteiger partial charge in [0.25, 0.3) is 0 Å². The maximum absolute atomic E-state index is 12.9. The quantitative estimate of drug-likeness (QED) is 0.0343. The molecule has 0 heterocycles. The molecule has 0 aromatic heterocycles. The SMILES string of the molecule is CCCCCCCCCCCCCCCCCCCC(=O)OC[C@H](COC(=O)CCCCCCCCCCCCCC(C)C)OC(=O)CCCCCCCCCCCCCCCCCCC(C)C. The van der Waals surface area contributed by atoms with Gasteiger partial charge in [-0.3, -0.25) is 14.4 Å². The lowest BCUT2D eigenvalue weighted by Gasteiger charge is -2.18. The first-order valence-corrected chi connectivity index (χ1v) is 30.7. The summed E-state index contributed by atoms with van der Waals surface area (Å²) in [5, 5.41) is 0. The van der Waals surface area contributed by atoms with Gasteiger partial charge in [0, 0.05) is 19.3 Å². The standard InChI is InChI=1S/C62H120O6/c1-6-7-8-9-10-11-12-13-14-15-19-22-27-32-37-42-47-52-60(63)66-55-59(56-67-61(64)53-48-43-38-33-29-24-26-31-36-41-46-51-58(4)5)68-62(65)54-49-44-39-34-28-23-20-17-16-18-21-25-30-35-40-45-50-57(2)3/h57-59H,6-56H2,1-5H3/t59-/m1/s1. The van der Waals surface area contributed by atoms with Crippen molar-refractivity contribution in [2.75, 3.05) is 13.2 Å². The van der Waals surface area contributed by atoms with Crippen molar-refractivity contribution in [2.24, 2.45) is 11.8 Å². The lowest BCUT2D eigenvalue weighted by atomic mass is 10.0. The van der Waals surface area contributed by atoms with Gasteiger partial charge in [0.05, 0.1) is 0 Å². The van der Waals surface area contributed by atoms with E-state index in [0.717, 1.165) is 69.6 Å². The molecule has 0 aliphatic heterocycles. The Morgan fingerprint density at radius 3 is 0.721 bits per heavy atom. The summed E-state index contributed by atoms with van der Waals surface area (Å²) >= 11 is 0. The predicted molar refractivity (Wildman–Crippen MR) is 293 cm³/mol. The molecule has 0 saturated carbocycles. The van der Waals surface area contributed by atoms with Crippen molar-refractivity contribution in [2.45, 2.75) is 355 Å². The van der Waals surface area contributed by atoms with Crippen LogP contribution < -0.4 is 0 Å². The van der Waals surface area contributed by atoms with Gasteiger partial charge in [-0.05, 0) is 31.1 Å². The van der Waals surface area contributed by atoms with Crippen molar-refractivity contribution >= 4 is 17.9 Å². The first-order valence-electron chi connectivity index (χ1n) is 30.7. The molecular weight excluding hydrogens is 841 g/mol. The van der Waals surface area contributed by atoms with Gasteiger partial charge < -0.3 is 14.2 Å². The molecule has 0 unspecified atom stereocenters. The third kappa shape index (κ3) is 55.3. The molecule has 68 heavy (non-hydrogen) atoms. The van der Waals surface area contributed by atoms with E-state index in [0.29, 0.717) is 19.3 Å². The van der Waals surface area contributed by atoms with Gasteiger partial charge in [-0.25, -0.2) is 0 Å². The van der Waals surface area contributed by atoms with Crippen LogP contribution in [-0.4, -0.2) is 37.2 Å². The smallest absolute Gasteiger partial charge is 0.306 e. The third-order valence-electron chi connectivity index (χ3n) is 14.2. The van der Waals surface area contributed by atoms with Gasteiger partial charge in [0.15, 0.2) is 6.10 Å². The molecule has 6 heteroatoms. The van der Waals surface area contributed by atoms with Gasteiger partial charge in [-0.15, -0.1) is 0 Å². The Labute approximate surface area is 425 Å². The van der Waals surface area contributed by atoms with Crippen LogP contribution in [0.25, 0.3) is 0 Å². The number of unbranched alkanes of at least 4 members (excludes halogenated alkanes) is 41. The summed E-state index contributed by atoms with van der Waals surface area (Å²) in [4.78, 5) is 38.2. The Morgan fingerprint density at radius 2 is 0.485 bits per heavy atom. The van der Waals surface area contributed by atoms with E-state index in [4.69, 9.17) is 14.2 Å². The minimum atomic E-state index is -0.763. The molecule has 0 amide bonds. The summed E-state index contributed by atoms with van der Waals surface area (Å²) in [6.07, 6.45) is 59.6. The fraction of sp³-hybridized carbons (Fsp3) is 0.952. The molecule has 1 atom stereocenters. The average Bonchev–Trinajstić information content (AvgIpc) is 3.31. The largest absolute Gasteiger partial charge is 0.462 e. The Morgan fingerprint density at radius 1 is 0.279 bits per heavy atom. The van der Waals surface area contributed by atoms with E-state index in [-0.39, 0.29) is 31.1 Å². The van der Waals surface area contributed by atoms with E-state index >= 15 is 0 Å². The molecule has 0 fully saturated rings. The summed E-state index contributed by atoms with van der Waals surface area (Å²) in [5.74, 6) is 0.844. The van der Waals surface area contributed by atoms with Crippen molar-refractivity contribution in [3.05, 3.63) is 0 Å². The highest BCUT2D eigenvalue weighted by atomic mass is 16.6. The molecule has 6 nitrogen and oxygen atoms in total. The second-order valence-electron chi connectivity index (χ2n) is 22.3. The highest BCUT2D eigenvalue weighted by Gasteiger charge is 2.19. The van der Waals surface area contributed by atoms with Crippen molar-refractivity contribution in [3.63, 3.8) is 0 Å². The minimum absolute atomic E-state index is 0.0622. The van der Waals surface area contributed by atoms with Crippen LogP contribution in [0.5, 0.6) is 0 Å². The van der Waals surface area contributed by atoms with E-state index in [1.54, 1.807) is 0 Å². The molecule has 0 aliphatic rings. The Kier molecular flexibility index (Phi) is 53.5. The van der Waals surface area contributed by atoms with Crippen LogP contribution in [0, 0.1) is 11.8 Å². The second-order valence-corrected chi connectivity index (χ2v) is 22.3. The van der Waals surface area contributed by atoms with Gasteiger partial charge in [-0.2, -0.15) is 0 Å². The summed E-state index contributed by atoms with van der Waals surface area (Å²) < 4.78 is 16.9. The van der Waals surface area contributed by atoms with Gasteiger partial charge >= 0.3 is 17.9 Å². The van der Waals surface area contributed by atoms with E-state index in [9.17, 15) is 14.4 Å². The topological polar surface area (TPSA) is 78.9 Å². The number of carbonyl (C=O) groups is 3. The monoisotopic (exact) mass is 961 g/mol. The van der Waals surface area contributed by atoms with Crippen LogP contribution in [0.1, 0.15) is 349 Å². The van der Waals surface area contributed by atoms with E-state index in [1.165, 1.54) is 238 Å². The molecule has 0 saturated heterocycles. The summed E-state index contributed by atoms with van der Waals surface area (Å²) in [6, 6.07) is 0. The Hall–Kier alpha value is -1.59. The van der Waals surface area contributed by atoms with Gasteiger partial charge in [0.1, 0.15) is 13.2 Å². The molecule has 0 aromatic rings. The van der Waals surface area contributed by atoms with Crippen LogP contribution in [-0.2, 0) is 28.6 Å². The van der Waals surface area contributed by atoms with Crippen molar-refractivity contribution in [1.82, 2.24) is 0 Å². The second kappa shape index (κ2) is 54.7. The Balaban J connectivity index is 4.28. The van der Waals surface area contributed by atoms with Crippen LogP contribution in [0.15, 0.2) is 0 Å². The van der Waals surface area contributed by atoms with Crippen LogP contribution in [0.4, 0.5) is 0 Å². The maximum Gasteiger partial charge on any atom is 0.306 e. The minimum Gasteiger partial charge on any atom is -0.462 e. The number of hydrogen-bond acceptors (Lipinski definition) is 6. The molecule has 0 rings (SSSR count). The van der Waals surface area contributed by atoms with Crippen molar-refractivity contribution in [1.29, 1.82) is 0 Å². The zero-order chi connectivity index (χ0) is 49.6. The molecule has 0 aliphatic carbocycles. The fourth-order valence-corrected chi connectivity index (χ4v) is 9.58. The number of esters is 3. The van der Waals surface area contributed by atoms with Crippen molar-refractivity contribution in [3.8, 4) is 0 Å². The first kappa shape index (κ1) is 66.4. The zero-order valence-corrected chi connectivity index (χ0v) is 46.7. The molecule has 0 N–H and O–H groups in total. The average molecular weight is 962 g/mol. The van der Waals surface area contributed by atoms with Crippen LogP contribution in [0.2, 0.25) is 0 Å². The van der Waals surface area contributed by atoms with E-state index < -0.39 is 6.10 Å². The highest BCUT2D eigenvalue weighted by Crippen LogP contribution is 2.19. The number of hydrogen-bond donors (Lipinski definition) is 0. The summed E-state index contributed by atoms with van der Waals surface area (Å²) in [7, 11) is 0. The third-order valence-corrected chi connectivity index (χ3v) is 14.2. The van der Waals surface area contributed by atoms with Crippen LogP contribution in [0.3, 0.4) is 0 Å². The lowest BCUT2D eigenvalue weighted by molar-refractivity contribution is -0.167. The summed E-state index contributed by atoms with van der Waals surface area (Å²) in [6.45, 7) is 11.4.